The van der Waals surface area contributed by atoms with Crippen molar-refractivity contribution in [2.45, 2.75) is 4.90 Å². The molecule has 0 atom stereocenters. The summed E-state index contributed by atoms with van der Waals surface area (Å²) in [5.74, 6) is -0.550. The van der Waals surface area contributed by atoms with E-state index >= 15 is 0 Å². The maximum atomic E-state index is 11.8. The highest BCUT2D eigenvalue weighted by Gasteiger charge is 2.31. The third kappa shape index (κ3) is 3.44. The highest BCUT2D eigenvalue weighted by molar-refractivity contribution is 7.90. The Labute approximate surface area is 173 Å². The van der Waals surface area contributed by atoms with E-state index < -0.39 is 22.0 Å². The van der Waals surface area contributed by atoms with Crippen molar-refractivity contribution in [3.63, 3.8) is 0 Å². The van der Waals surface area contributed by atoms with Crippen LogP contribution < -0.4 is 15.4 Å². The van der Waals surface area contributed by atoms with Crippen molar-refractivity contribution in [2.24, 2.45) is 5.73 Å². The van der Waals surface area contributed by atoms with Gasteiger partial charge in [0.15, 0.2) is 0 Å². The van der Waals surface area contributed by atoms with Gasteiger partial charge >= 0.3 is 6.03 Å². The van der Waals surface area contributed by atoms with Crippen LogP contribution in [0.3, 0.4) is 0 Å². The highest BCUT2D eigenvalue weighted by atomic mass is 32.2. The average molecular weight is 419 g/mol. The van der Waals surface area contributed by atoms with Crippen LogP contribution in [-0.4, -0.2) is 20.4 Å². The summed E-state index contributed by atoms with van der Waals surface area (Å²) in [5.41, 5.74) is 9.33. The van der Waals surface area contributed by atoms with Crippen LogP contribution in [0.4, 0.5) is 16.2 Å². The second-order valence-electron chi connectivity index (χ2n) is 6.56. The van der Waals surface area contributed by atoms with Crippen LogP contribution in [0, 0.1) is 0 Å². The third-order valence-corrected chi connectivity index (χ3v) is 6.06. The Morgan fingerprint density at radius 2 is 1.30 bits per heavy atom. The zero-order chi connectivity index (χ0) is 21.3. The standard InChI is InChI=1S/C15H12N2O.C7H5NO3S/c16-15(18)17-13-7-3-1-5-11(13)9-10-12-6-2-4-8-14(12)17;9-7-5-3-1-2-4-6(5)12(10,11)8-7/h1-10H,(H2,16,18);1-4H,(H,8,9). The van der Waals surface area contributed by atoms with Crippen molar-refractivity contribution >= 4 is 45.5 Å². The molecule has 0 spiro atoms. The topological polar surface area (TPSA) is 110 Å². The molecule has 3 aromatic rings. The number of urea groups is 1. The molecule has 0 saturated heterocycles. The SMILES string of the molecule is NC(=O)N1c2ccccc2C=Cc2ccccc21.O=C1NS(=O)(=O)c2ccccc21. The summed E-state index contributed by atoms with van der Waals surface area (Å²) < 4.78 is 24.2. The molecule has 3 aromatic carbocycles. The number of fused-ring (bicyclic) bond motifs is 3. The summed E-state index contributed by atoms with van der Waals surface area (Å²) in [7, 11) is -3.55. The average Bonchev–Trinajstić information content (AvgIpc) is 2.88. The summed E-state index contributed by atoms with van der Waals surface area (Å²) in [4.78, 5) is 24.4. The van der Waals surface area contributed by atoms with Gasteiger partial charge in [0.05, 0.1) is 16.9 Å². The molecule has 0 bridgehead atoms. The Kier molecular flexibility index (Phi) is 4.85. The molecule has 3 amide bonds. The Hall–Kier alpha value is -3.91. The number of para-hydroxylation sites is 2. The van der Waals surface area contributed by atoms with Crippen molar-refractivity contribution in [1.82, 2.24) is 4.72 Å². The van der Waals surface area contributed by atoms with Crippen LogP contribution in [0.15, 0.2) is 77.7 Å². The number of rotatable bonds is 0. The first kappa shape index (κ1) is 19.4. The van der Waals surface area contributed by atoms with E-state index in [4.69, 9.17) is 5.73 Å². The lowest BCUT2D eigenvalue weighted by Gasteiger charge is -2.22. The zero-order valence-corrected chi connectivity index (χ0v) is 16.5. The molecule has 0 saturated carbocycles. The van der Waals surface area contributed by atoms with E-state index in [2.05, 4.69) is 0 Å². The molecule has 0 fully saturated rings. The number of hydrogen-bond donors (Lipinski definition) is 2. The monoisotopic (exact) mass is 419 g/mol. The molecule has 2 heterocycles. The molecule has 0 aliphatic carbocycles. The van der Waals surface area contributed by atoms with E-state index in [-0.39, 0.29) is 10.5 Å². The van der Waals surface area contributed by atoms with E-state index in [1.54, 1.807) is 17.0 Å². The predicted octanol–water partition coefficient (Wildman–Crippen LogP) is 3.51. The molecule has 5 rings (SSSR count). The quantitative estimate of drug-likeness (QED) is 0.581. The van der Waals surface area contributed by atoms with Crippen LogP contribution in [0.1, 0.15) is 21.5 Å². The number of hydrogen-bond acceptors (Lipinski definition) is 4. The molecule has 0 unspecified atom stereocenters. The van der Waals surface area contributed by atoms with Gasteiger partial charge in [-0.1, -0.05) is 60.7 Å². The maximum absolute atomic E-state index is 11.8. The van der Waals surface area contributed by atoms with Crippen molar-refractivity contribution in [1.29, 1.82) is 0 Å². The van der Waals surface area contributed by atoms with E-state index in [0.29, 0.717) is 0 Å². The van der Waals surface area contributed by atoms with Crippen LogP contribution in [-0.2, 0) is 10.0 Å². The second kappa shape index (κ2) is 7.49. The smallest absolute Gasteiger partial charge is 0.323 e. The number of amides is 3. The van der Waals surface area contributed by atoms with Gasteiger partial charge in [0.1, 0.15) is 4.90 Å². The number of anilines is 2. The first-order valence-electron chi connectivity index (χ1n) is 9.00. The van der Waals surface area contributed by atoms with Gasteiger partial charge in [0.25, 0.3) is 15.9 Å². The first-order valence-corrected chi connectivity index (χ1v) is 10.5. The number of carbonyl (C=O) groups excluding carboxylic acids is 2. The number of nitrogens with zero attached hydrogens (tertiary/aromatic N) is 1. The molecule has 3 N–H and O–H groups in total. The van der Waals surface area contributed by atoms with Gasteiger partial charge in [-0.15, -0.1) is 0 Å². The first-order chi connectivity index (χ1) is 14.4. The molecule has 2 aliphatic heterocycles. The minimum atomic E-state index is -3.55. The fourth-order valence-electron chi connectivity index (χ4n) is 3.33. The summed E-state index contributed by atoms with van der Waals surface area (Å²) in [5, 5.41) is 0. The van der Waals surface area contributed by atoms with E-state index in [0.717, 1.165) is 22.5 Å². The van der Waals surface area contributed by atoms with E-state index in [1.165, 1.54) is 12.1 Å². The van der Waals surface area contributed by atoms with Gasteiger partial charge in [-0.3, -0.25) is 9.69 Å². The molecule has 0 radical (unpaired) electrons. The minimum Gasteiger partial charge on any atom is -0.351 e. The maximum Gasteiger partial charge on any atom is 0.323 e. The number of sulfonamides is 1. The van der Waals surface area contributed by atoms with Crippen LogP contribution in [0.25, 0.3) is 12.2 Å². The van der Waals surface area contributed by atoms with Gasteiger partial charge in [0, 0.05) is 0 Å². The molecule has 150 valence electrons. The van der Waals surface area contributed by atoms with Crippen LogP contribution >= 0.6 is 0 Å². The third-order valence-electron chi connectivity index (χ3n) is 4.67. The number of nitrogens with one attached hydrogen (secondary N) is 1. The second-order valence-corrected chi connectivity index (χ2v) is 8.21. The van der Waals surface area contributed by atoms with Gasteiger partial charge < -0.3 is 5.73 Å². The molecule has 7 nitrogen and oxygen atoms in total. The molecular formula is C22H17N3O4S. The summed E-state index contributed by atoms with van der Waals surface area (Å²) >= 11 is 0. The number of carbonyl (C=O) groups is 2. The lowest BCUT2D eigenvalue weighted by atomic mass is 10.1. The number of benzene rings is 3. The zero-order valence-electron chi connectivity index (χ0n) is 15.6. The summed E-state index contributed by atoms with van der Waals surface area (Å²) in [6, 6.07) is 21.0. The van der Waals surface area contributed by atoms with Gasteiger partial charge in [0.2, 0.25) is 0 Å². The molecule has 30 heavy (non-hydrogen) atoms. The minimum absolute atomic E-state index is 0.0648. The molecule has 8 heteroatoms. The Bertz CT molecular complexity index is 1250. The normalized spacial score (nSPS) is 14.9. The Balaban J connectivity index is 0.000000158. The summed E-state index contributed by atoms with van der Waals surface area (Å²) in [6.07, 6.45) is 3.99. The molecule has 2 aliphatic rings. The number of nitrogens with two attached hydrogens (primary N) is 1. The van der Waals surface area contributed by atoms with Crippen molar-refractivity contribution < 1.29 is 18.0 Å². The number of primary amides is 1. The predicted molar refractivity (Wildman–Crippen MR) is 115 cm³/mol. The largest absolute Gasteiger partial charge is 0.351 e. The van der Waals surface area contributed by atoms with Gasteiger partial charge in [-0.2, -0.15) is 0 Å². The molecule has 0 aromatic heterocycles. The lowest BCUT2D eigenvalue weighted by Crippen LogP contribution is -2.32. The fraction of sp³-hybridized carbons (Fsp3) is 0. The van der Waals surface area contributed by atoms with Crippen molar-refractivity contribution in [3.05, 3.63) is 89.5 Å². The van der Waals surface area contributed by atoms with Gasteiger partial charge in [-0.25, -0.2) is 17.9 Å². The van der Waals surface area contributed by atoms with E-state index in [1.807, 2.05) is 65.4 Å². The fourth-order valence-corrected chi connectivity index (χ4v) is 4.50. The Morgan fingerprint density at radius 3 is 1.83 bits per heavy atom. The van der Waals surface area contributed by atoms with E-state index in [9.17, 15) is 18.0 Å². The lowest BCUT2D eigenvalue weighted by molar-refractivity contribution is 0.0985. The summed E-state index contributed by atoms with van der Waals surface area (Å²) in [6.45, 7) is 0. The van der Waals surface area contributed by atoms with Crippen molar-refractivity contribution in [2.75, 3.05) is 4.90 Å². The molecular weight excluding hydrogens is 402 g/mol. The van der Waals surface area contributed by atoms with Crippen molar-refractivity contribution in [3.8, 4) is 0 Å². The van der Waals surface area contributed by atoms with Crippen LogP contribution in [0.2, 0.25) is 0 Å². The Morgan fingerprint density at radius 1 is 0.800 bits per heavy atom. The van der Waals surface area contributed by atoms with Crippen LogP contribution in [0.5, 0.6) is 0 Å². The van der Waals surface area contributed by atoms with Gasteiger partial charge in [-0.05, 0) is 35.4 Å². The highest BCUT2D eigenvalue weighted by Crippen LogP contribution is 2.35.